The molecule has 1 aliphatic rings. The fraction of sp³-hybridized carbons (Fsp3) is 0.357. The second kappa shape index (κ2) is 4.12. The standard InChI is InChI=1S/C14H16FN3/c1-9-8-10(15)5-6-11(9)13-14(16)18-7-3-2-4-12(18)17-13/h5-6,8H,2-4,7,16H2,1H3. The minimum absolute atomic E-state index is 0.223. The van der Waals surface area contributed by atoms with Crippen LogP contribution in [-0.2, 0) is 13.0 Å². The van der Waals surface area contributed by atoms with E-state index in [1.165, 1.54) is 12.1 Å². The predicted molar refractivity (Wildman–Crippen MR) is 69.7 cm³/mol. The fourth-order valence-electron chi connectivity index (χ4n) is 2.60. The van der Waals surface area contributed by atoms with Gasteiger partial charge in [-0.2, -0.15) is 0 Å². The van der Waals surface area contributed by atoms with E-state index in [-0.39, 0.29) is 5.82 Å². The van der Waals surface area contributed by atoms with Crippen molar-refractivity contribution in [1.29, 1.82) is 0 Å². The first-order chi connectivity index (χ1) is 8.66. The van der Waals surface area contributed by atoms with Crippen molar-refractivity contribution in [1.82, 2.24) is 9.55 Å². The highest BCUT2D eigenvalue weighted by atomic mass is 19.1. The van der Waals surface area contributed by atoms with Gasteiger partial charge in [-0.1, -0.05) is 0 Å². The van der Waals surface area contributed by atoms with Crippen molar-refractivity contribution in [2.24, 2.45) is 0 Å². The zero-order chi connectivity index (χ0) is 12.7. The zero-order valence-corrected chi connectivity index (χ0v) is 10.4. The van der Waals surface area contributed by atoms with Gasteiger partial charge in [-0.15, -0.1) is 0 Å². The maximum absolute atomic E-state index is 13.1. The maximum atomic E-state index is 13.1. The van der Waals surface area contributed by atoms with E-state index in [2.05, 4.69) is 9.55 Å². The van der Waals surface area contributed by atoms with Gasteiger partial charge in [-0.25, -0.2) is 9.37 Å². The number of aryl methyl sites for hydroxylation is 2. The van der Waals surface area contributed by atoms with Gasteiger partial charge in [0.25, 0.3) is 0 Å². The molecule has 0 amide bonds. The van der Waals surface area contributed by atoms with Crippen LogP contribution in [0.25, 0.3) is 11.3 Å². The smallest absolute Gasteiger partial charge is 0.131 e. The van der Waals surface area contributed by atoms with Gasteiger partial charge in [0.1, 0.15) is 23.2 Å². The lowest BCUT2D eigenvalue weighted by atomic mass is 10.1. The SMILES string of the molecule is Cc1cc(F)ccc1-c1nc2n(c1N)CCCC2. The van der Waals surface area contributed by atoms with E-state index in [0.717, 1.165) is 48.5 Å². The molecular weight excluding hydrogens is 229 g/mol. The van der Waals surface area contributed by atoms with Crippen LogP contribution in [-0.4, -0.2) is 9.55 Å². The van der Waals surface area contributed by atoms with Crippen LogP contribution >= 0.6 is 0 Å². The molecule has 0 spiro atoms. The third-order valence-corrected chi connectivity index (χ3v) is 3.56. The van der Waals surface area contributed by atoms with Crippen molar-refractivity contribution >= 4 is 5.82 Å². The van der Waals surface area contributed by atoms with E-state index in [4.69, 9.17) is 5.73 Å². The summed E-state index contributed by atoms with van der Waals surface area (Å²) >= 11 is 0. The van der Waals surface area contributed by atoms with Gasteiger partial charge in [-0.05, 0) is 43.5 Å². The lowest BCUT2D eigenvalue weighted by molar-refractivity contribution is 0.527. The minimum Gasteiger partial charge on any atom is -0.383 e. The van der Waals surface area contributed by atoms with E-state index in [1.54, 1.807) is 6.07 Å². The summed E-state index contributed by atoms with van der Waals surface area (Å²) in [6.07, 6.45) is 3.29. The topological polar surface area (TPSA) is 43.8 Å². The number of halogens is 1. The molecule has 2 N–H and O–H groups in total. The van der Waals surface area contributed by atoms with E-state index in [0.29, 0.717) is 5.82 Å². The Kier molecular flexibility index (Phi) is 2.58. The Labute approximate surface area is 105 Å². The number of aromatic nitrogens is 2. The minimum atomic E-state index is -0.223. The number of benzene rings is 1. The van der Waals surface area contributed by atoms with Crippen LogP contribution < -0.4 is 5.73 Å². The molecule has 0 atom stereocenters. The number of nitrogens with zero attached hydrogens (tertiary/aromatic N) is 2. The number of rotatable bonds is 1. The molecule has 0 aliphatic carbocycles. The summed E-state index contributed by atoms with van der Waals surface area (Å²) in [7, 11) is 0. The number of fused-ring (bicyclic) bond motifs is 1. The largest absolute Gasteiger partial charge is 0.383 e. The number of hydrogen-bond acceptors (Lipinski definition) is 2. The number of hydrogen-bond donors (Lipinski definition) is 1. The summed E-state index contributed by atoms with van der Waals surface area (Å²) in [6.45, 7) is 2.82. The average molecular weight is 245 g/mol. The monoisotopic (exact) mass is 245 g/mol. The van der Waals surface area contributed by atoms with Crippen LogP contribution in [0.2, 0.25) is 0 Å². The Morgan fingerprint density at radius 1 is 1.33 bits per heavy atom. The highest BCUT2D eigenvalue weighted by Gasteiger charge is 2.19. The number of anilines is 1. The molecule has 3 rings (SSSR count). The molecule has 3 nitrogen and oxygen atoms in total. The molecule has 2 aromatic rings. The highest BCUT2D eigenvalue weighted by Crippen LogP contribution is 2.31. The third-order valence-electron chi connectivity index (χ3n) is 3.56. The Morgan fingerprint density at radius 2 is 2.17 bits per heavy atom. The molecular formula is C14H16FN3. The predicted octanol–water partition coefficient (Wildman–Crippen LogP) is 2.92. The summed E-state index contributed by atoms with van der Waals surface area (Å²) in [5.41, 5.74) is 8.76. The molecule has 1 aromatic carbocycles. The zero-order valence-electron chi connectivity index (χ0n) is 10.4. The molecule has 0 radical (unpaired) electrons. The normalized spacial score (nSPS) is 14.6. The highest BCUT2D eigenvalue weighted by molar-refractivity contribution is 5.73. The maximum Gasteiger partial charge on any atom is 0.131 e. The molecule has 4 heteroatoms. The summed E-state index contributed by atoms with van der Waals surface area (Å²) in [6, 6.07) is 4.74. The molecule has 1 aliphatic heterocycles. The lowest BCUT2D eigenvalue weighted by Crippen LogP contribution is -2.12. The first kappa shape index (κ1) is 11.3. The quantitative estimate of drug-likeness (QED) is 0.839. The molecule has 0 bridgehead atoms. The molecule has 0 saturated carbocycles. The lowest BCUT2D eigenvalue weighted by Gasteiger charge is -2.14. The fourth-order valence-corrected chi connectivity index (χ4v) is 2.60. The molecule has 2 heterocycles. The number of nitrogen functional groups attached to an aromatic ring is 1. The van der Waals surface area contributed by atoms with Gasteiger partial charge < -0.3 is 10.3 Å². The van der Waals surface area contributed by atoms with E-state index >= 15 is 0 Å². The summed E-state index contributed by atoms with van der Waals surface area (Å²) < 4.78 is 15.2. The number of imidazole rings is 1. The van der Waals surface area contributed by atoms with Crippen molar-refractivity contribution < 1.29 is 4.39 Å². The van der Waals surface area contributed by atoms with Crippen LogP contribution in [0.4, 0.5) is 10.2 Å². The second-order valence-electron chi connectivity index (χ2n) is 4.83. The summed E-state index contributed by atoms with van der Waals surface area (Å²) in [5.74, 6) is 1.54. The van der Waals surface area contributed by atoms with Crippen LogP contribution in [0.3, 0.4) is 0 Å². The Balaban J connectivity index is 2.14. The molecule has 94 valence electrons. The third kappa shape index (κ3) is 1.68. The first-order valence-electron chi connectivity index (χ1n) is 6.28. The number of nitrogens with two attached hydrogens (primary N) is 1. The molecule has 0 fully saturated rings. The molecule has 0 unspecified atom stereocenters. The van der Waals surface area contributed by atoms with E-state index < -0.39 is 0 Å². The van der Waals surface area contributed by atoms with Gasteiger partial charge in [-0.3, -0.25) is 0 Å². The Morgan fingerprint density at radius 3 is 2.89 bits per heavy atom. The van der Waals surface area contributed by atoms with Gasteiger partial charge in [0.05, 0.1) is 0 Å². The molecule has 1 aromatic heterocycles. The van der Waals surface area contributed by atoms with Crippen molar-refractivity contribution in [3.8, 4) is 11.3 Å². The van der Waals surface area contributed by atoms with Gasteiger partial charge in [0.15, 0.2) is 0 Å². The van der Waals surface area contributed by atoms with E-state index in [9.17, 15) is 4.39 Å². The van der Waals surface area contributed by atoms with Crippen LogP contribution in [0.1, 0.15) is 24.2 Å². The second-order valence-corrected chi connectivity index (χ2v) is 4.83. The summed E-state index contributed by atoms with van der Waals surface area (Å²) in [4.78, 5) is 4.63. The van der Waals surface area contributed by atoms with Crippen molar-refractivity contribution in [3.05, 3.63) is 35.4 Å². The average Bonchev–Trinajstić information content (AvgIpc) is 2.68. The molecule has 0 saturated heterocycles. The first-order valence-corrected chi connectivity index (χ1v) is 6.28. The van der Waals surface area contributed by atoms with Crippen LogP contribution in [0.5, 0.6) is 0 Å². The van der Waals surface area contributed by atoms with Crippen LogP contribution in [0, 0.1) is 12.7 Å². The summed E-state index contributed by atoms with van der Waals surface area (Å²) in [5, 5.41) is 0. The molecule has 18 heavy (non-hydrogen) atoms. The van der Waals surface area contributed by atoms with Crippen LogP contribution in [0.15, 0.2) is 18.2 Å². The van der Waals surface area contributed by atoms with Gasteiger partial charge >= 0.3 is 0 Å². The van der Waals surface area contributed by atoms with Gasteiger partial charge in [0, 0.05) is 18.5 Å². The van der Waals surface area contributed by atoms with Crippen molar-refractivity contribution in [2.75, 3.05) is 5.73 Å². The van der Waals surface area contributed by atoms with E-state index in [1.807, 2.05) is 6.92 Å². The Hall–Kier alpha value is -1.84. The van der Waals surface area contributed by atoms with Crippen molar-refractivity contribution in [3.63, 3.8) is 0 Å². The Bertz CT molecular complexity index is 601. The van der Waals surface area contributed by atoms with Gasteiger partial charge in [0.2, 0.25) is 0 Å². The van der Waals surface area contributed by atoms with Crippen molar-refractivity contribution in [2.45, 2.75) is 32.7 Å².